The van der Waals surface area contributed by atoms with Crippen molar-refractivity contribution in [2.75, 3.05) is 23.9 Å². The van der Waals surface area contributed by atoms with Crippen LogP contribution in [-0.4, -0.2) is 29.3 Å². The monoisotopic (exact) mass is 252 g/mol. The number of anilines is 2. The largest absolute Gasteiger partial charge is 0.383 e. The van der Waals surface area contributed by atoms with E-state index in [9.17, 15) is 0 Å². The first-order valence-corrected chi connectivity index (χ1v) is 7.34. The zero-order valence-corrected chi connectivity index (χ0v) is 11.3. The fourth-order valence-corrected chi connectivity index (χ4v) is 2.74. The first-order valence-electron chi connectivity index (χ1n) is 6.12. The Morgan fingerprint density at radius 3 is 2.65 bits per heavy atom. The van der Waals surface area contributed by atoms with Crippen molar-refractivity contribution in [1.82, 2.24) is 9.97 Å². The summed E-state index contributed by atoms with van der Waals surface area (Å²) in [6.07, 6.45) is 8.51. The SMILES string of the molecule is CSc1nc(N)cc(N(C)C2CCCCC2)n1. The van der Waals surface area contributed by atoms with Crippen molar-refractivity contribution >= 4 is 23.4 Å². The molecule has 0 amide bonds. The molecule has 1 aromatic rings. The molecule has 0 bridgehead atoms. The Morgan fingerprint density at radius 2 is 2.00 bits per heavy atom. The summed E-state index contributed by atoms with van der Waals surface area (Å²) in [6.45, 7) is 0. The van der Waals surface area contributed by atoms with Gasteiger partial charge in [-0.25, -0.2) is 9.97 Å². The van der Waals surface area contributed by atoms with Crippen molar-refractivity contribution in [2.45, 2.75) is 43.3 Å². The minimum atomic E-state index is 0.557. The van der Waals surface area contributed by atoms with E-state index in [0.29, 0.717) is 11.9 Å². The number of rotatable bonds is 3. The zero-order valence-electron chi connectivity index (χ0n) is 10.5. The van der Waals surface area contributed by atoms with Crippen LogP contribution in [-0.2, 0) is 0 Å². The van der Waals surface area contributed by atoms with Crippen LogP contribution in [0.3, 0.4) is 0 Å². The number of thioether (sulfide) groups is 1. The van der Waals surface area contributed by atoms with Crippen molar-refractivity contribution in [2.24, 2.45) is 0 Å². The summed E-state index contributed by atoms with van der Waals surface area (Å²) in [5.41, 5.74) is 5.81. The third kappa shape index (κ3) is 3.03. The summed E-state index contributed by atoms with van der Waals surface area (Å²) in [4.78, 5) is 11.0. The topological polar surface area (TPSA) is 55.0 Å². The van der Waals surface area contributed by atoms with Crippen LogP contribution in [0.4, 0.5) is 11.6 Å². The van der Waals surface area contributed by atoms with Crippen molar-refractivity contribution in [1.29, 1.82) is 0 Å². The summed E-state index contributed by atoms with van der Waals surface area (Å²) >= 11 is 1.53. The minimum Gasteiger partial charge on any atom is -0.383 e. The number of nitrogens with two attached hydrogens (primary N) is 1. The Balaban J connectivity index is 2.17. The molecule has 4 nitrogen and oxygen atoms in total. The minimum absolute atomic E-state index is 0.557. The number of nitrogen functional groups attached to an aromatic ring is 1. The van der Waals surface area contributed by atoms with E-state index < -0.39 is 0 Å². The van der Waals surface area contributed by atoms with Gasteiger partial charge in [-0.05, 0) is 19.1 Å². The van der Waals surface area contributed by atoms with Gasteiger partial charge in [0.25, 0.3) is 0 Å². The molecular formula is C12H20N4S. The third-order valence-corrected chi connectivity index (χ3v) is 3.93. The summed E-state index contributed by atoms with van der Waals surface area (Å²) < 4.78 is 0. The van der Waals surface area contributed by atoms with Crippen LogP contribution in [0.2, 0.25) is 0 Å². The second-order valence-electron chi connectivity index (χ2n) is 4.54. The van der Waals surface area contributed by atoms with Gasteiger partial charge in [0.1, 0.15) is 11.6 Å². The van der Waals surface area contributed by atoms with Crippen LogP contribution >= 0.6 is 11.8 Å². The molecule has 0 aromatic carbocycles. The first-order chi connectivity index (χ1) is 8.20. The maximum atomic E-state index is 5.81. The highest BCUT2D eigenvalue weighted by Gasteiger charge is 2.19. The second-order valence-corrected chi connectivity index (χ2v) is 5.31. The summed E-state index contributed by atoms with van der Waals surface area (Å²) in [7, 11) is 2.11. The summed E-state index contributed by atoms with van der Waals surface area (Å²) in [5, 5.41) is 0.752. The number of hydrogen-bond acceptors (Lipinski definition) is 5. The standard InChI is InChI=1S/C12H20N4S/c1-16(9-6-4-3-5-7-9)11-8-10(13)14-12(15-11)17-2/h8-9H,3-7H2,1-2H3,(H2,13,14,15). The van der Waals surface area contributed by atoms with Gasteiger partial charge in [-0.1, -0.05) is 31.0 Å². The van der Waals surface area contributed by atoms with E-state index in [2.05, 4.69) is 21.9 Å². The highest BCUT2D eigenvalue weighted by Crippen LogP contribution is 2.26. The molecule has 1 fully saturated rings. The van der Waals surface area contributed by atoms with Crippen LogP contribution in [0.5, 0.6) is 0 Å². The van der Waals surface area contributed by atoms with E-state index in [1.807, 2.05) is 12.3 Å². The van der Waals surface area contributed by atoms with Gasteiger partial charge in [0.15, 0.2) is 5.16 Å². The summed E-state index contributed by atoms with van der Waals surface area (Å²) in [6, 6.07) is 2.47. The lowest BCUT2D eigenvalue weighted by atomic mass is 9.94. The van der Waals surface area contributed by atoms with Gasteiger partial charge >= 0.3 is 0 Å². The molecule has 0 unspecified atom stereocenters. The molecule has 0 radical (unpaired) electrons. The number of hydrogen-bond donors (Lipinski definition) is 1. The second kappa shape index (κ2) is 5.58. The Bertz CT molecular complexity index is 377. The Hall–Kier alpha value is -0.970. The third-order valence-electron chi connectivity index (χ3n) is 3.38. The van der Waals surface area contributed by atoms with Gasteiger partial charge in [0, 0.05) is 19.2 Å². The van der Waals surface area contributed by atoms with Gasteiger partial charge in [-0.15, -0.1) is 0 Å². The molecule has 0 saturated heterocycles. The van der Waals surface area contributed by atoms with E-state index in [-0.39, 0.29) is 0 Å². The molecule has 0 aliphatic heterocycles. The molecule has 1 aromatic heterocycles. The van der Waals surface area contributed by atoms with Gasteiger partial charge in [-0.2, -0.15) is 0 Å². The maximum Gasteiger partial charge on any atom is 0.191 e. The van der Waals surface area contributed by atoms with Crippen molar-refractivity contribution in [3.05, 3.63) is 6.07 Å². The van der Waals surface area contributed by atoms with Gasteiger partial charge in [0.2, 0.25) is 0 Å². The average Bonchev–Trinajstić information content (AvgIpc) is 2.38. The van der Waals surface area contributed by atoms with E-state index in [0.717, 1.165) is 11.0 Å². The van der Waals surface area contributed by atoms with E-state index in [4.69, 9.17) is 5.73 Å². The number of aromatic nitrogens is 2. The molecule has 17 heavy (non-hydrogen) atoms. The quantitative estimate of drug-likeness (QED) is 0.662. The van der Waals surface area contributed by atoms with Crippen molar-refractivity contribution < 1.29 is 0 Å². The van der Waals surface area contributed by atoms with Crippen molar-refractivity contribution in [3.63, 3.8) is 0 Å². The Morgan fingerprint density at radius 1 is 1.29 bits per heavy atom. The number of nitrogens with zero attached hydrogens (tertiary/aromatic N) is 3. The zero-order chi connectivity index (χ0) is 12.3. The smallest absolute Gasteiger partial charge is 0.191 e. The van der Waals surface area contributed by atoms with Gasteiger partial charge < -0.3 is 10.6 Å². The highest BCUT2D eigenvalue weighted by molar-refractivity contribution is 7.98. The lowest BCUT2D eigenvalue weighted by Gasteiger charge is -2.32. The Kier molecular flexibility index (Phi) is 4.10. The lowest BCUT2D eigenvalue weighted by molar-refractivity contribution is 0.425. The van der Waals surface area contributed by atoms with Crippen LogP contribution in [0.15, 0.2) is 11.2 Å². The molecule has 2 rings (SSSR count). The molecule has 1 heterocycles. The van der Waals surface area contributed by atoms with Crippen LogP contribution in [0.1, 0.15) is 32.1 Å². The molecule has 0 spiro atoms. The maximum absolute atomic E-state index is 5.81. The van der Waals surface area contributed by atoms with E-state index in [1.165, 1.54) is 43.9 Å². The first kappa shape index (κ1) is 12.5. The van der Waals surface area contributed by atoms with E-state index >= 15 is 0 Å². The van der Waals surface area contributed by atoms with Gasteiger partial charge in [-0.3, -0.25) is 0 Å². The molecular weight excluding hydrogens is 232 g/mol. The predicted molar refractivity (Wildman–Crippen MR) is 73.5 cm³/mol. The fourth-order valence-electron chi connectivity index (χ4n) is 2.36. The van der Waals surface area contributed by atoms with Crippen LogP contribution in [0, 0.1) is 0 Å². The predicted octanol–water partition coefficient (Wildman–Crippen LogP) is 2.55. The molecule has 1 saturated carbocycles. The lowest BCUT2D eigenvalue weighted by Crippen LogP contribution is -2.34. The van der Waals surface area contributed by atoms with Crippen LogP contribution < -0.4 is 10.6 Å². The summed E-state index contributed by atoms with van der Waals surface area (Å²) in [5.74, 6) is 1.51. The molecule has 1 aliphatic rings. The molecule has 2 N–H and O–H groups in total. The van der Waals surface area contributed by atoms with Crippen LogP contribution in [0.25, 0.3) is 0 Å². The molecule has 0 atom stereocenters. The average molecular weight is 252 g/mol. The molecule has 1 aliphatic carbocycles. The Labute approximate surface area is 107 Å². The normalized spacial score (nSPS) is 17.1. The van der Waals surface area contributed by atoms with Gasteiger partial charge in [0.05, 0.1) is 0 Å². The fraction of sp³-hybridized carbons (Fsp3) is 0.667. The highest BCUT2D eigenvalue weighted by atomic mass is 32.2. The van der Waals surface area contributed by atoms with E-state index in [1.54, 1.807) is 0 Å². The molecule has 5 heteroatoms. The molecule has 94 valence electrons. The van der Waals surface area contributed by atoms with Crippen molar-refractivity contribution in [3.8, 4) is 0 Å².